The Balaban J connectivity index is 3.33. The topological polar surface area (TPSA) is 105 Å². The van der Waals surface area contributed by atoms with Crippen molar-refractivity contribution in [3.63, 3.8) is 0 Å². The molecule has 8 nitrogen and oxygen atoms in total. The van der Waals surface area contributed by atoms with Crippen LogP contribution in [-0.4, -0.2) is 55.1 Å². The molecule has 0 fully saturated rings. The average Bonchev–Trinajstić information content (AvgIpc) is 2.50. The average molecular weight is 324 g/mol. The van der Waals surface area contributed by atoms with Crippen LogP contribution in [0.3, 0.4) is 0 Å². The van der Waals surface area contributed by atoms with Gasteiger partial charge in [0.15, 0.2) is 11.5 Å². The number of aliphatic carboxylic acids is 1. The van der Waals surface area contributed by atoms with Crippen LogP contribution in [0.25, 0.3) is 0 Å². The van der Waals surface area contributed by atoms with Gasteiger partial charge >= 0.3 is 5.97 Å². The van der Waals surface area contributed by atoms with Crippen molar-refractivity contribution in [2.75, 3.05) is 26.6 Å². The minimum atomic E-state index is -1.12. The number of carbonyl (C=O) groups is 3. The van der Waals surface area contributed by atoms with E-state index >= 15 is 0 Å². The maximum absolute atomic E-state index is 12.4. The first-order valence-electron chi connectivity index (χ1n) is 6.76. The van der Waals surface area contributed by atoms with Crippen LogP contribution in [0.2, 0.25) is 0 Å². The molecule has 0 aromatic heterocycles. The maximum atomic E-state index is 12.4. The molecule has 0 heterocycles. The smallest absolute Gasteiger partial charge is 0.326 e. The van der Waals surface area contributed by atoms with E-state index in [0.717, 1.165) is 4.90 Å². The van der Waals surface area contributed by atoms with Crippen molar-refractivity contribution in [1.82, 2.24) is 4.90 Å². The highest BCUT2D eigenvalue weighted by Crippen LogP contribution is 2.37. The van der Waals surface area contributed by atoms with Crippen molar-refractivity contribution in [3.8, 4) is 11.5 Å². The highest BCUT2D eigenvalue weighted by Gasteiger charge is 2.25. The van der Waals surface area contributed by atoms with Crippen molar-refractivity contribution in [3.05, 3.63) is 17.7 Å². The van der Waals surface area contributed by atoms with Gasteiger partial charge in [0.1, 0.15) is 6.04 Å². The number of rotatable bonds is 6. The van der Waals surface area contributed by atoms with Crippen LogP contribution in [0, 0.1) is 0 Å². The number of nitrogens with one attached hydrogen (secondary N) is 1. The molecule has 2 amide bonds. The van der Waals surface area contributed by atoms with Crippen LogP contribution >= 0.6 is 0 Å². The number of hydrogen-bond acceptors (Lipinski definition) is 5. The fraction of sp³-hybridized carbons (Fsp3) is 0.400. The summed E-state index contributed by atoms with van der Waals surface area (Å²) in [5.74, 6) is -1.47. The van der Waals surface area contributed by atoms with E-state index in [4.69, 9.17) is 14.6 Å². The number of anilines is 1. The SMILES string of the molecule is COc1cc(C(=O)N(C)C(C)C(=O)O)cc(NC(C)=O)c1OC. The number of hydrogen-bond donors (Lipinski definition) is 2. The summed E-state index contributed by atoms with van der Waals surface area (Å²) in [4.78, 5) is 35.9. The van der Waals surface area contributed by atoms with Crippen LogP contribution in [-0.2, 0) is 9.59 Å². The number of benzene rings is 1. The van der Waals surface area contributed by atoms with E-state index < -0.39 is 17.9 Å². The van der Waals surface area contributed by atoms with Gasteiger partial charge in [-0.15, -0.1) is 0 Å². The molecule has 0 aliphatic rings. The van der Waals surface area contributed by atoms with Crippen LogP contribution < -0.4 is 14.8 Å². The summed E-state index contributed by atoms with van der Waals surface area (Å²) in [6.07, 6.45) is 0. The number of ether oxygens (including phenoxy) is 2. The predicted molar refractivity (Wildman–Crippen MR) is 83.0 cm³/mol. The van der Waals surface area contributed by atoms with Gasteiger partial charge in [0.2, 0.25) is 5.91 Å². The van der Waals surface area contributed by atoms with Crippen LogP contribution in [0.5, 0.6) is 11.5 Å². The zero-order valence-electron chi connectivity index (χ0n) is 13.7. The van der Waals surface area contributed by atoms with Gasteiger partial charge in [-0.3, -0.25) is 9.59 Å². The molecule has 0 radical (unpaired) electrons. The van der Waals surface area contributed by atoms with Crippen LogP contribution in [0.1, 0.15) is 24.2 Å². The first-order valence-corrected chi connectivity index (χ1v) is 6.76. The summed E-state index contributed by atoms with van der Waals surface area (Å²) in [7, 11) is 4.19. The molecule has 8 heteroatoms. The molecule has 0 saturated carbocycles. The Labute approximate surface area is 134 Å². The van der Waals surface area contributed by atoms with E-state index in [1.807, 2.05) is 0 Å². The monoisotopic (exact) mass is 324 g/mol. The van der Waals surface area contributed by atoms with Crippen molar-refractivity contribution < 1.29 is 29.0 Å². The van der Waals surface area contributed by atoms with Gasteiger partial charge < -0.3 is 24.8 Å². The molecule has 1 rings (SSSR count). The second-order valence-electron chi connectivity index (χ2n) is 4.87. The number of carbonyl (C=O) groups excluding carboxylic acids is 2. The lowest BCUT2D eigenvalue weighted by atomic mass is 10.1. The zero-order chi connectivity index (χ0) is 17.7. The third-order valence-electron chi connectivity index (χ3n) is 3.30. The highest BCUT2D eigenvalue weighted by atomic mass is 16.5. The highest BCUT2D eigenvalue weighted by molar-refractivity contribution is 6.00. The van der Waals surface area contributed by atoms with Gasteiger partial charge in [-0.1, -0.05) is 0 Å². The van der Waals surface area contributed by atoms with Crippen molar-refractivity contribution in [2.24, 2.45) is 0 Å². The summed E-state index contributed by atoms with van der Waals surface area (Å²) < 4.78 is 10.4. The van der Waals surface area contributed by atoms with Gasteiger partial charge in [0, 0.05) is 19.5 Å². The third kappa shape index (κ3) is 4.12. The lowest BCUT2D eigenvalue weighted by Crippen LogP contribution is -2.40. The van der Waals surface area contributed by atoms with E-state index in [-0.39, 0.29) is 28.7 Å². The molecule has 1 aromatic rings. The van der Waals surface area contributed by atoms with E-state index in [9.17, 15) is 14.4 Å². The number of methoxy groups -OCH3 is 2. The quantitative estimate of drug-likeness (QED) is 0.815. The second kappa shape index (κ2) is 7.48. The third-order valence-corrected chi connectivity index (χ3v) is 3.30. The lowest BCUT2D eigenvalue weighted by molar-refractivity contribution is -0.141. The largest absolute Gasteiger partial charge is 0.493 e. The van der Waals surface area contributed by atoms with Crippen molar-refractivity contribution in [2.45, 2.75) is 19.9 Å². The molecule has 1 unspecified atom stereocenters. The summed E-state index contributed by atoms with van der Waals surface area (Å²) in [6.45, 7) is 2.72. The molecule has 1 aromatic carbocycles. The molecule has 2 N–H and O–H groups in total. The van der Waals surface area contributed by atoms with Crippen molar-refractivity contribution in [1.29, 1.82) is 0 Å². The summed E-state index contributed by atoms with van der Waals surface area (Å²) >= 11 is 0. The Bertz CT molecular complexity index is 629. The van der Waals surface area contributed by atoms with E-state index in [1.165, 1.54) is 47.2 Å². The van der Waals surface area contributed by atoms with Gasteiger partial charge in [-0.25, -0.2) is 4.79 Å². The van der Waals surface area contributed by atoms with E-state index in [1.54, 1.807) is 0 Å². The van der Waals surface area contributed by atoms with Gasteiger partial charge in [-0.05, 0) is 19.1 Å². The van der Waals surface area contributed by atoms with Crippen LogP contribution in [0.4, 0.5) is 5.69 Å². The molecule has 0 bridgehead atoms. The fourth-order valence-corrected chi connectivity index (χ4v) is 1.92. The number of carboxylic acids is 1. The molecular weight excluding hydrogens is 304 g/mol. The summed E-state index contributed by atoms with van der Waals surface area (Å²) in [5, 5.41) is 11.6. The van der Waals surface area contributed by atoms with E-state index in [0.29, 0.717) is 0 Å². The molecule has 0 saturated heterocycles. The Hall–Kier alpha value is -2.77. The lowest BCUT2D eigenvalue weighted by Gasteiger charge is -2.22. The maximum Gasteiger partial charge on any atom is 0.326 e. The number of amides is 2. The summed E-state index contributed by atoms with van der Waals surface area (Å²) in [5.41, 5.74) is 0.432. The molecular formula is C15H20N2O6. The number of carboxylic acid groups (broad SMARTS) is 1. The molecule has 1 atom stereocenters. The van der Waals surface area contributed by atoms with Gasteiger partial charge in [0.05, 0.1) is 19.9 Å². The molecule has 0 spiro atoms. The normalized spacial score (nSPS) is 11.3. The van der Waals surface area contributed by atoms with Gasteiger partial charge in [0.25, 0.3) is 5.91 Å². The van der Waals surface area contributed by atoms with Crippen LogP contribution in [0.15, 0.2) is 12.1 Å². The second-order valence-corrected chi connectivity index (χ2v) is 4.87. The first-order chi connectivity index (χ1) is 10.7. The minimum absolute atomic E-state index is 0.169. The first kappa shape index (κ1) is 18.3. The molecule has 0 aliphatic carbocycles. The summed E-state index contributed by atoms with van der Waals surface area (Å²) in [6, 6.07) is 1.84. The number of nitrogens with zero attached hydrogens (tertiary/aromatic N) is 1. The Morgan fingerprint density at radius 1 is 1.22 bits per heavy atom. The van der Waals surface area contributed by atoms with Gasteiger partial charge in [-0.2, -0.15) is 0 Å². The number of likely N-dealkylation sites (N-methyl/N-ethyl adjacent to an activating group) is 1. The Morgan fingerprint density at radius 2 is 1.83 bits per heavy atom. The Morgan fingerprint density at radius 3 is 2.26 bits per heavy atom. The van der Waals surface area contributed by atoms with Crippen molar-refractivity contribution >= 4 is 23.5 Å². The molecule has 23 heavy (non-hydrogen) atoms. The zero-order valence-corrected chi connectivity index (χ0v) is 13.7. The van der Waals surface area contributed by atoms with E-state index in [2.05, 4.69) is 5.32 Å². The minimum Gasteiger partial charge on any atom is -0.493 e. The predicted octanol–water partition coefficient (Wildman–Crippen LogP) is 1.21. The fourth-order valence-electron chi connectivity index (χ4n) is 1.92. The molecule has 0 aliphatic heterocycles. The standard InChI is InChI=1S/C15H20N2O6/c1-8(15(20)21)17(3)14(19)10-6-11(16-9(2)18)13(23-5)12(7-10)22-4/h6-8H,1-5H3,(H,16,18)(H,20,21). The Kier molecular flexibility index (Phi) is 5.94. The molecule has 126 valence electrons.